The van der Waals surface area contributed by atoms with Crippen molar-refractivity contribution in [1.82, 2.24) is 0 Å². The smallest absolute Gasteiger partial charge is 0.145 e. The molecule has 3 nitrogen and oxygen atoms in total. The van der Waals surface area contributed by atoms with E-state index in [2.05, 4.69) is 19.2 Å². The molecule has 3 heteroatoms. The average molecular weight is 223 g/mol. The lowest BCUT2D eigenvalue weighted by atomic mass is 10.2. The molecule has 0 bridgehead atoms. The fourth-order valence-electron chi connectivity index (χ4n) is 1.69. The van der Waals surface area contributed by atoms with Crippen molar-refractivity contribution in [3.05, 3.63) is 18.2 Å². The molecular formula is C13H21NO2. The van der Waals surface area contributed by atoms with Crippen LogP contribution in [0.4, 0.5) is 5.69 Å². The van der Waals surface area contributed by atoms with Gasteiger partial charge in [-0.3, -0.25) is 0 Å². The van der Waals surface area contributed by atoms with Gasteiger partial charge in [0.05, 0.1) is 19.9 Å². The molecule has 1 aromatic carbocycles. The molecule has 1 unspecified atom stereocenters. The Labute approximate surface area is 97.8 Å². The van der Waals surface area contributed by atoms with Gasteiger partial charge in [-0.1, -0.05) is 13.3 Å². The van der Waals surface area contributed by atoms with Crippen LogP contribution in [0, 0.1) is 0 Å². The largest absolute Gasteiger partial charge is 0.497 e. The first kappa shape index (κ1) is 12.7. The van der Waals surface area contributed by atoms with E-state index in [4.69, 9.17) is 9.47 Å². The maximum absolute atomic E-state index is 5.32. The molecule has 16 heavy (non-hydrogen) atoms. The predicted molar refractivity (Wildman–Crippen MR) is 67.5 cm³/mol. The van der Waals surface area contributed by atoms with Gasteiger partial charge in [0.1, 0.15) is 11.5 Å². The maximum Gasteiger partial charge on any atom is 0.145 e. The number of nitrogens with one attached hydrogen (secondary N) is 1. The number of anilines is 1. The minimum absolute atomic E-state index is 0.451. The van der Waals surface area contributed by atoms with Gasteiger partial charge in [-0.25, -0.2) is 0 Å². The van der Waals surface area contributed by atoms with Crippen LogP contribution in [0.15, 0.2) is 18.2 Å². The molecule has 0 spiro atoms. The Kier molecular flexibility index (Phi) is 4.96. The fourth-order valence-corrected chi connectivity index (χ4v) is 1.69. The molecule has 0 aliphatic rings. The van der Waals surface area contributed by atoms with Gasteiger partial charge in [-0.2, -0.15) is 0 Å². The van der Waals surface area contributed by atoms with Crippen molar-refractivity contribution >= 4 is 5.69 Å². The Morgan fingerprint density at radius 1 is 1.25 bits per heavy atom. The van der Waals surface area contributed by atoms with E-state index in [1.54, 1.807) is 14.2 Å². The van der Waals surface area contributed by atoms with Gasteiger partial charge in [0.25, 0.3) is 0 Å². The van der Waals surface area contributed by atoms with Crippen LogP contribution < -0.4 is 14.8 Å². The number of hydrogen-bond donors (Lipinski definition) is 1. The Balaban J connectivity index is 2.78. The maximum atomic E-state index is 5.32. The molecule has 0 aliphatic carbocycles. The third kappa shape index (κ3) is 3.33. The van der Waals surface area contributed by atoms with Gasteiger partial charge in [0.15, 0.2) is 0 Å². The highest BCUT2D eigenvalue weighted by Crippen LogP contribution is 2.29. The third-order valence-electron chi connectivity index (χ3n) is 2.53. The summed E-state index contributed by atoms with van der Waals surface area (Å²) in [4.78, 5) is 0. The minimum atomic E-state index is 0.451. The molecule has 0 saturated carbocycles. The normalized spacial score (nSPS) is 12.0. The summed E-state index contributed by atoms with van der Waals surface area (Å²) in [5.41, 5.74) is 1.02. The van der Waals surface area contributed by atoms with Crippen LogP contribution in [-0.4, -0.2) is 20.3 Å². The average Bonchev–Trinajstić information content (AvgIpc) is 2.30. The zero-order valence-corrected chi connectivity index (χ0v) is 10.5. The second-order valence-corrected chi connectivity index (χ2v) is 3.90. The number of ether oxygens (including phenoxy) is 2. The van der Waals surface area contributed by atoms with Gasteiger partial charge in [0, 0.05) is 12.1 Å². The van der Waals surface area contributed by atoms with Crippen molar-refractivity contribution in [2.24, 2.45) is 0 Å². The number of hydrogen-bond acceptors (Lipinski definition) is 3. The van der Waals surface area contributed by atoms with Gasteiger partial charge in [-0.15, -0.1) is 0 Å². The highest BCUT2D eigenvalue weighted by Gasteiger charge is 2.07. The lowest BCUT2D eigenvalue weighted by molar-refractivity contribution is 0.395. The molecule has 0 aromatic heterocycles. The zero-order valence-electron chi connectivity index (χ0n) is 10.5. The van der Waals surface area contributed by atoms with E-state index in [9.17, 15) is 0 Å². The summed E-state index contributed by atoms with van der Waals surface area (Å²) in [6, 6.07) is 6.27. The molecule has 1 N–H and O–H groups in total. The van der Waals surface area contributed by atoms with Gasteiger partial charge in [-0.05, 0) is 25.5 Å². The number of methoxy groups -OCH3 is 2. The highest BCUT2D eigenvalue weighted by molar-refractivity contribution is 5.59. The van der Waals surface area contributed by atoms with Crippen LogP contribution in [0.2, 0.25) is 0 Å². The predicted octanol–water partition coefficient (Wildman–Crippen LogP) is 3.30. The minimum Gasteiger partial charge on any atom is -0.497 e. The Hall–Kier alpha value is -1.38. The summed E-state index contributed by atoms with van der Waals surface area (Å²) in [6.07, 6.45) is 2.32. The molecule has 0 radical (unpaired) electrons. The first-order valence-electron chi connectivity index (χ1n) is 5.69. The molecule has 0 heterocycles. The van der Waals surface area contributed by atoms with E-state index in [0.29, 0.717) is 6.04 Å². The van der Waals surface area contributed by atoms with E-state index in [1.807, 2.05) is 18.2 Å². The van der Waals surface area contributed by atoms with Gasteiger partial charge < -0.3 is 14.8 Å². The van der Waals surface area contributed by atoms with Crippen molar-refractivity contribution in [3.63, 3.8) is 0 Å². The number of benzene rings is 1. The third-order valence-corrected chi connectivity index (χ3v) is 2.53. The van der Waals surface area contributed by atoms with Gasteiger partial charge in [0.2, 0.25) is 0 Å². The van der Waals surface area contributed by atoms with E-state index in [1.165, 1.54) is 6.42 Å². The Morgan fingerprint density at radius 2 is 2.00 bits per heavy atom. The first-order chi connectivity index (χ1) is 7.71. The summed E-state index contributed by atoms with van der Waals surface area (Å²) in [5, 5.41) is 3.43. The van der Waals surface area contributed by atoms with Crippen LogP contribution in [0.5, 0.6) is 11.5 Å². The number of rotatable bonds is 6. The highest BCUT2D eigenvalue weighted by atomic mass is 16.5. The van der Waals surface area contributed by atoms with Crippen molar-refractivity contribution in [3.8, 4) is 11.5 Å². The topological polar surface area (TPSA) is 30.5 Å². The van der Waals surface area contributed by atoms with Crippen LogP contribution in [-0.2, 0) is 0 Å². The SMILES string of the molecule is CCCC(C)Nc1ccc(OC)cc1OC. The zero-order chi connectivity index (χ0) is 12.0. The molecule has 1 atom stereocenters. The second kappa shape index (κ2) is 6.26. The van der Waals surface area contributed by atoms with Crippen LogP contribution in [0.25, 0.3) is 0 Å². The van der Waals surface area contributed by atoms with Crippen LogP contribution in [0.3, 0.4) is 0 Å². The summed E-state index contributed by atoms with van der Waals surface area (Å²) >= 11 is 0. The molecule has 0 saturated heterocycles. The molecular weight excluding hydrogens is 202 g/mol. The fraction of sp³-hybridized carbons (Fsp3) is 0.538. The Bertz CT molecular complexity index is 326. The van der Waals surface area contributed by atoms with Crippen molar-refractivity contribution in [1.29, 1.82) is 0 Å². The molecule has 1 aromatic rings. The van der Waals surface area contributed by atoms with E-state index >= 15 is 0 Å². The quantitative estimate of drug-likeness (QED) is 0.802. The van der Waals surface area contributed by atoms with Crippen molar-refractivity contribution in [2.75, 3.05) is 19.5 Å². The molecule has 0 fully saturated rings. The second-order valence-electron chi connectivity index (χ2n) is 3.90. The Morgan fingerprint density at radius 3 is 2.56 bits per heavy atom. The summed E-state index contributed by atoms with van der Waals surface area (Å²) in [7, 11) is 3.33. The summed E-state index contributed by atoms with van der Waals surface area (Å²) in [5.74, 6) is 1.63. The molecule has 0 aliphatic heterocycles. The van der Waals surface area contributed by atoms with E-state index in [-0.39, 0.29) is 0 Å². The summed E-state index contributed by atoms with van der Waals surface area (Å²) in [6.45, 7) is 4.36. The molecule has 1 rings (SSSR count). The first-order valence-corrected chi connectivity index (χ1v) is 5.69. The monoisotopic (exact) mass is 223 g/mol. The standard InChI is InChI=1S/C13H21NO2/c1-5-6-10(2)14-12-8-7-11(15-3)9-13(12)16-4/h7-10,14H,5-6H2,1-4H3. The van der Waals surface area contributed by atoms with E-state index in [0.717, 1.165) is 23.6 Å². The summed E-state index contributed by atoms with van der Waals surface area (Å²) < 4.78 is 10.5. The van der Waals surface area contributed by atoms with Crippen molar-refractivity contribution in [2.45, 2.75) is 32.7 Å². The van der Waals surface area contributed by atoms with E-state index < -0.39 is 0 Å². The van der Waals surface area contributed by atoms with Crippen molar-refractivity contribution < 1.29 is 9.47 Å². The van der Waals surface area contributed by atoms with Gasteiger partial charge >= 0.3 is 0 Å². The lowest BCUT2D eigenvalue weighted by Gasteiger charge is -2.17. The van der Waals surface area contributed by atoms with Crippen LogP contribution >= 0.6 is 0 Å². The lowest BCUT2D eigenvalue weighted by Crippen LogP contribution is -2.15. The molecule has 0 amide bonds. The van der Waals surface area contributed by atoms with Crippen LogP contribution in [0.1, 0.15) is 26.7 Å². The molecule has 90 valence electrons.